The summed E-state index contributed by atoms with van der Waals surface area (Å²) in [6.07, 6.45) is 1.13. The minimum absolute atomic E-state index is 0.0653. The molecular weight excluding hydrogens is 248 g/mol. The molecule has 18 heavy (non-hydrogen) atoms. The largest absolute Gasteiger partial charge is 0.356 e. The Morgan fingerprint density at radius 2 is 2.17 bits per heavy atom. The number of aromatic nitrogens is 1. The summed E-state index contributed by atoms with van der Waals surface area (Å²) in [6, 6.07) is 9.54. The van der Waals surface area contributed by atoms with Crippen LogP contribution in [0.15, 0.2) is 30.3 Å². The van der Waals surface area contributed by atoms with Gasteiger partial charge in [-0.15, -0.1) is 0 Å². The summed E-state index contributed by atoms with van der Waals surface area (Å²) in [7, 11) is 0. The summed E-state index contributed by atoms with van der Waals surface area (Å²) in [5.41, 5.74) is 1.84. The molecule has 0 bridgehead atoms. The maximum absolute atomic E-state index is 11.4. The molecule has 94 valence electrons. The molecule has 3 nitrogen and oxygen atoms in total. The Balaban J connectivity index is 2.10. The third-order valence-electron chi connectivity index (χ3n) is 2.69. The molecule has 1 aromatic heterocycles. The highest BCUT2D eigenvalue weighted by molar-refractivity contribution is 6.31. The van der Waals surface area contributed by atoms with E-state index >= 15 is 0 Å². The van der Waals surface area contributed by atoms with Crippen molar-refractivity contribution in [2.75, 3.05) is 6.54 Å². The third-order valence-corrected chi connectivity index (χ3v) is 2.93. The number of fused-ring (bicyclic) bond motifs is 1. The fraction of sp³-hybridized carbons (Fsp3) is 0.286. The number of nitrogens with zero attached hydrogens (tertiary/aromatic N) is 1. The van der Waals surface area contributed by atoms with Crippen molar-refractivity contribution in [3.63, 3.8) is 0 Å². The Morgan fingerprint density at radius 1 is 1.33 bits per heavy atom. The van der Waals surface area contributed by atoms with E-state index in [1.54, 1.807) is 0 Å². The van der Waals surface area contributed by atoms with E-state index in [2.05, 4.69) is 10.3 Å². The minimum atomic E-state index is 0.0653. The zero-order valence-electron chi connectivity index (χ0n) is 10.2. The molecule has 1 heterocycles. The van der Waals surface area contributed by atoms with Gasteiger partial charge in [-0.05, 0) is 37.6 Å². The Morgan fingerprint density at radius 3 is 2.94 bits per heavy atom. The van der Waals surface area contributed by atoms with Gasteiger partial charge in [-0.25, -0.2) is 0 Å². The molecule has 0 aliphatic rings. The van der Waals surface area contributed by atoms with Crippen LogP contribution in [0.2, 0.25) is 5.02 Å². The fourth-order valence-electron chi connectivity index (χ4n) is 1.81. The van der Waals surface area contributed by atoms with Crippen molar-refractivity contribution in [3.05, 3.63) is 41.0 Å². The molecule has 1 aromatic carbocycles. The van der Waals surface area contributed by atoms with E-state index in [0.717, 1.165) is 16.6 Å². The van der Waals surface area contributed by atoms with Gasteiger partial charge in [0.05, 0.1) is 5.52 Å². The van der Waals surface area contributed by atoms with Crippen molar-refractivity contribution < 1.29 is 4.79 Å². The molecular formula is C14H15ClN2O. The Labute approximate surface area is 111 Å². The van der Waals surface area contributed by atoms with Gasteiger partial charge in [-0.1, -0.05) is 17.7 Å². The zero-order valence-corrected chi connectivity index (χ0v) is 11.0. The number of halogens is 1. The van der Waals surface area contributed by atoms with Crippen LogP contribution in [-0.4, -0.2) is 17.4 Å². The standard InChI is InChI=1S/C14H15ClN2O/c1-2-16-14(18)8-6-12-5-3-10-9-11(15)4-7-13(10)17-12/h3-5,7,9H,2,6,8H2,1H3,(H,16,18). The number of aryl methyl sites for hydroxylation is 1. The summed E-state index contributed by atoms with van der Waals surface area (Å²) in [4.78, 5) is 15.9. The van der Waals surface area contributed by atoms with Gasteiger partial charge in [0.25, 0.3) is 0 Å². The SMILES string of the molecule is CCNC(=O)CCc1ccc2cc(Cl)ccc2n1. The smallest absolute Gasteiger partial charge is 0.220 e. The number of pyridine rings is 1. The molecule has 0 fully saturated rings. The summed E-state index contributed by atoms with van der Waals surface area (Å²) >= 11 is 5.92. The molecule has 0 spiro atoms. The lowest BCUT2D eigenvalue weighted by Gasteiger charge is -2.04. The van der Waals surface area contributed by atoms with Gasteiger partial charge in [0.1, 0.15) is 0 Å². The summed E-state index contributed by atoms with van der Waals surface area (Å²) in [6.45, 7) is 2.58. The molecule has 0 aliphatic carbocycles. The fourth-order valence-corrected chi connectivity index (χ4v) is 1.99. The monoisotopic (exact) mass is 262 g/mol. The van der Waals surface area contributed by atoms with Gasteiger partial charge in [-0.2, -0.15) is 0 Å². The topological polar surface area (TPSA) is 42.0 Å². The molecule has 0 radical (unpaired) electrons. The predicted molar refractivity (Wildman–Crippen MR) is 73.8 cm³/mol. The lowest BCUT2D eigenvalue weighted by molar-refractivity contribution is -0.120. The molecule has 0 aliphatic heterocycles. The quantitative estimate of drug-likeness (QED) is 0.920. The van der Waals surface area contributed by atoms with E-state index in [9.17, 15) is 4.79 Å². The number of benzene rings is 1. The van der Waals surface area contributed by atoms with Gasteiger partial charge in [0.2, 0.25) is 5.91 Å². The first-order valence-corrected chi connectivity index (χ1v) is 6.38. The van der Waals surface area contributed by atoms with Gasteiger partial charge in [-0.3, -0.25) is 9.78 Å². The van der Waals surface area contributed by atoms with Crippen LogP contribution >= 0.6 is 11.6 Å². The summed E-state index contributed by atoms with van der Waals surface area (Å²) < 4.78 is 0. The molecule has 4 heteroatoms. The molecule has 0 atom stereocenters. The van der Waals surface area contributed by atoms with Crippen LogP contribution in [0.1, 0.15) is 19.0 Å². The van der Waals surface area contributed by atoms with Crippen LogP contribution in [0.25, 0.3) is 10.9 Å². The van der Waals surface area contributed by atoms with Crippen LogP contribution in [-0.2, 0) is 11.2 Å². The van der Waals surface area contributed by atoms with Crippen molar-refractivity contribution in [2.45, 2.75) is 19.8 Å². The number of nitrogens with one attached hydrogen (secondary N) is 1. The average molecular weight is 263 g/mol. The lowest BCUT2D eigenvalue weighted by Crippen LogP contribution is -2.22. The van der Waals surface area contributed by atoms with E-state index in [1.165, 1.54) is 0 Å². The summed E-state index contributed by atoms with van der Waals surface area (Å²) in [5, 5.41) is 4.50. The first-order valence-electron chi connectivity index (χ1n) is 6.01. The van der Waals surface area contributed by atoms with Crippen molar-refractivity contribution in [1.82, 2.24) is 10.3 Å². The average Bonchev–Trinajstić information content (AvgIpc) is 2.36. The highest BCUT2D eigenvalue weighted by Crippen LogP contribution is 2.18. The number of carbonyl (C=O) groups is 1. The van der Waals surface area contributed by atoms with Crippen LogP contribution < -0.4 is 5.32 Å². The number of hydrogen-bond acceptors (Lipinski definition) is 2. The van der Waals surface area contributed by atoms with E-state index < -0.39 is 0 Å². The predicted octanol–water partition coefficient (Wildman–Crippen LogP) is 2.96. The van der Waals surface area contributed by atoms with E-state index in [0.29, 0.717) is 24.4 Å². The van der Waals surface area contributed by atoms with Crippen molar-refractivity contribution >= 4 is 28.4 Å². The van der Waals surface area contributed by atoms with Gasteiger partial charge in [0, 0.05) is 29.1 Å². The molecule has 1 amide bonds. The van der Waals surface area contributed by atoms with Crippen LogP contribution in [0, 0.1) is 0 Å². The maximum atomic E-state index is 11.4. The Hall–Kier alpha value is -1.61. The molecule has 0 saturated carbocycles. The number of amides is 1. The molecule has 1 N–H and O–H groups in total. The zero-order chi connectivity index (χ0) is 13.0. The molecule has 2 aromatic rings. The van der Waals surface area contributed by atoms with Gasteiger partial charge >= 0.3 is 0 Å². The normalized spacial score (nSPS) is 10.6. The van der Waals surface area contributed by atoms with Crippen molar-refractivity contribution in [3.8, 4) is 0 Å². The van der Waals surface area contributed by atoms with Crippen LogP contribution in [0.3, 0.4) is 0 Å². The third kappa shape index (κ3) is 3.20. The van der Waals surface area contributed by atoms with Gasteiger partial charge in [0.15, 0.2) is 0 Å². The minimum Gasteiger partial charge on any atom is -0.356 e. The van der Waals surface area contributed by atoms with Crippen molar-refractivity contribution in [2.24, 2.45) is 0 Å². The van der Waals surface area contributed by atoms with Crippen LogP contribution in [0.5, 0.6) is 0 Å². The van der Waals surface area contributed by atoms with Crippen LogP contribution in [0.4, 0.5) is 0 Å². The second-order valence-corrected chi connectivity index (χ2v) is 4.53. The van der Waals surface area contributed by atoms with Gasteiger partial charge < -0.3 is 5.32 Å². The number of rotatable bonds is 4. The van der Waals surface area contributed by atoms with Crippen molar-refractivity contribution in [1.29, 1.82) is 0 Å². The highest BCUT2D eigenvalue weighted by Gasteiger charge is 2.03. The lowest BCUT2D eigenvalue weighted by atomic mass is 10.1. The van der Waals surface area contributed by atoms with E-state index in [-0.39, 0.29) is 5.91 Å². The maximum Gasteiger partial charge on any atom is 0.220 e. The summed E-state index contributed by atoms with van der Waals surface area (Å²) in [5.74, 6) is 0.0653. The first-order chi connectivity index (χ1) is 8.69. The molecule has 2 rings (SSSR count). The highest BCUT2D eigenvalue weighted by atomic mass is 35.5. The van der Waals surface area contributed by atoms with E-state index in [4.69, 9.17) is 11.6 Å². The second-order valence-electron chi connectivity index (χ2n) is 4.09. The first kappa shape index (κ1) is 12.8. The molecule has 0 unspecified atom stereocenters. The number of carbonyl (C=O) groups excluding carboxylic acids is 1. The van der Waals surface area contributed by atoms with E-state index in [1.807, 2.05) is 37.3 Å². The Kier molecular flexibility index (Phi) is 4.15. The molecule has 0 saturated heterocycles. The Bertz CT molecular complexity index is 569. The second kappa shape index (κ2) is 5.83. The number of hydrogen-bond donors (Lipinski definition) is 1.